The molecule has 0 saturated heterocycles. The quantitative estimate of drug-likeness (QED) is 0.762. The second-order valence-corrected chi connectivity index (χ2v) is 7.07. The first-order valence-electron chi connectivity index (χ1n) is 8.52. The first-order chi connectivity index (χ1) is 12.4. The molecule has 2 aromatic carbocycles. The van der Waals surface area contributed by atoms with E-state index in [1.807, 2.05) is 48.5 Å². The van der Waals surface area contributed by atoms with Crippen LogP contribution < -0.4 is 10.5 Å². The van der Waals surface area contributed by atoms with E-state index in [1.54, 1.807) is 0 Å². The molecule has 0 radical (unpaired) electrons. The Morgan fingerprint density at radius 2 is 1.58 bits per heavy atom. The molecule has 4 rings (SSSR count). The standard InChI is InChI=1S/C20H19NO5/c21-20(19(24)25,15-9-13(15)18(22)23)10-14-11-5-1-3-7-16(11)26-17-8-4-2-6-12(14)17/h1-8,13-15H,9-10,21H2,(H,22,23)(H,24,25)/t13-,15-,20-/m1/s1. The van der Waals surface area contributed by atoms with Crippen molar-refractivity contribution in [3.63, 3.8) is 0 Å². The minimum Gasteiger partial charge on any atom is -0.481 e. The predicted octanol–water partition coefficient (Wildman–Crippen LogP) is 2.82. The lowest BCUT2D eigenvalue weighted by Crippen LogP contribution is -2.52. The number of benzene rings is 2. The van der Waals surface area contributed by atoms with Crippen LogP contribution in [0.1, 0.15) is 29.9 Å². The van der Waals surface area contributed by atoms with Gasteiger partial charge in [0.25, 0.3) is 0 Å². The molecule has 4 N–H and O–H groups in total. The van der Waals surface area contributed by atoms with E-state index in [0.29, 0.717) is 17.9 Å². The number of carboxylic acids is 2. The van der Waals surface area contributed by atoms with Gasteiger partial charge in [0.1, 0.15) is 17.0 Å². The minimum atomic E-state index is -1.61. The van der Waals surface area contributed by atoms with Crippen molar-refractivity contribution in [1.82, 2.24) is 0 Å². The largest absolute Gasteiger partial charge is 0.481 e. The number of rotatable bonds is 5. The van der Waals surface area contributed by atoms with Crippen molar-refractivity contribution in [2.24, 2.45) is 17.6 Å². The molecular formula is C20H19NO5. The lowest BCUT2D eigenvalue weighted by atomic mass is 9.76. The molecule has 26 heavy (non-hydrogen) atoms. The molecule has 2 aliphatic rings. The SMILES string of the molecule is N[C@@](CC1c2ccccc2Oc2ccccc21)(C(=O)O)[C@@H]1C[C@H]1C(=O)O. The number of para-hydroxylation sites is 2. The summed E-state index contributed by atoms with van der Waals surface area (Å²) in [5.74, 6) is -2.33. The van der Waals surface area contributed by atoms with Crippen LogP contribution in [0.3, 0.4) is 0 Å². The number of aliphatic carboxylic acids is 2. The number of hydrogen-bond acceptors (Lipinski definition) is 4. The van der Waals surface area contributed by atoms with Gasteiger partial charge in [0.05, 0.1) is 5.92 Å². The summed E-state index contributed by atoms with van der Waals surface area (Å²) in [7, 11) is 0. The van der Waals surface area contributed by atoms with E-state index >= 15 is 0 Å². The van der Waals surface area contributed by atoms with Crippen molar-refractivity contribution in [3.8, 4) is 11.5 Å². The van der Waals surface area contributed by atoms with Gasteiger partial charge in [-0.2, -0.15) is 0 Å². The smallest absolute Gasteiger partial charge is 0.324 e. The topological polar surface area (TPSA) is 110 Å². The van der Waals surface area contributed by atoms with Gasteiger partial charge in [-0.05, 0) is 25.0 Å². The number of carboxylic acid groups (broad SMARTS) is 2. The molecule has 1 saturated carbocycles. The second-order valence-electron chi connectivity index (χ2n) is 7.07. The first kappa shape index (κ1) is 16.6. The van der Waals surface area contributed by atoms with Gasteiger partial charge in [-0.25, -0.2) is 0 Å². The number of carbonyl (C=O) groups is 2. The van der Waals surface area contributed by atoms with Crippen molar-refractivity contribution in [2.75, 3.05) is 0 Å². The van der Waals surface area contributed by atoms with E-state index in [-0.39, 0.29) is 12.3 Å². The van der Waals surface area contributed by atoms with Crippen molar-refractivity contribution in [1.29, 1.82) is 0 Å². The molecule has 1 heterocycles. The molecule has 3 atom stereocenters. The highest BCUT2D eigenvalue weighted by Crippen LogP contribution is 2.53. The number of nitrogens with two attached hydrogens (primary N) is 1. The lowest BCUT2D eigenvalue weighted by Gasteiger charge is -2.34. The van der Waals surface area contributed by atoms with Gasteiger partial charge < -0.3 is 20.7 Å². The average molecular weight is 353 g/mol. The maximum Gasteiger partial charge on any atom is 0.324 e. The van der Waals surface area contributed by atoms with Crippen LogP contribution in [0.5, 0.6) is 11.5 Å². The Balaban J connectivity index is 1.75. The third-order valence-corrected chi connectivity index (χ3v) is 5.52. The predicted molar refractivity (Wildman–Crippen MR) is 93.2 cm³/mol. The normalized spacial score (nSPS) is 23.1. The second kappa shape index (κ2) is 5.85. The lowest BCUT2D eigenvalue weighted by molar-refractivity contribution is -0.145. The van der Waals surface area contributed by atoms with Crippen molar-refractivity contribution < 1.29 is 24.5 Å². The molecule has 2 aromatic rings. The molecule has 0 aromatic heterocycles. The molecule has 0 bridgehead atoms. The highest BCUT2D eigenvalue weighted by molar-refractivity contribution is 5.83. The highest BCUT2D eigenvalue weighted by Gasteiger charge is 2.59. The van der Waals surface area contributed by atoms with Crippen molar-refractivity contribution in [2.45, 2.75) is 24.3 Å². The van der Waals surface area contributed by atoms with Gasteiger partial charge >= 0.3 is 11.9 Å². The van der Waals surface area contributed by atoms with E-state index in [2.05, 4.69) is 0 Å². The van der Waals surface area contributed by atoms with Crippen LogP contribution in [0.25, 0.3) is 0 Å². The van der Waals surface area contributed by atoms with Gasteiger partial charge in [-0.15, -0.1) is 0 Å². The number of fused-ring (bicyclic) bond motifs is 2. The van der Waals surface area contributed by atoms with Gasteiger partial charge in [-0.3, -0.25) is 9.59 Å². The van der Waals surface area contributed by atoms with Crippen LogP contribution in [0.2, 0.25) is 0 Å². The Kier molecular flexibility index (Phi) is 3.73. The fourth-order valence-electron chi connectivity index (χ4n) is 4.00. The molecule has 0 amide bonds. The number of hydrogen-bond donors (Lipinski definition) is 3. The third kappa shape index (κ3) is 2.54. The molecular weight excluding hydrogens is 334 g/mol. The Morgan fingerprint density at radius 3 is 2.04 bits per heavy atom. The summed E-state index contributed by atoms with van der Waals surface area (Å²) in [5, 5.41) is 19.0. The molecule has 1 aliphatic carbocycles. The summed E-state index contributed by atoms with van der Waals surface area (Å²) >= 11 is 0. The molecule has 1 aliphatic heterocycles. The fraction of sp³-hybridized carbons (Fsp3) is 0.300. The van der Waals surface area contributed by atoms with Crippen molar-refractivity contribution >= 4 is 11.9 Å². The summed E-state index contributed by atoms with van der Waals surface area (Å²) in [6.45, 7) is 0. The summed E-state index contributed by atoms with van der Waals surface area (Å²) in [6.07, 6.45) is 0.415. The molecule has 1 fully saturated rings. The van der Waals surface area contributed by atoms with Crippen LogP contribution in [-0.2, 0) is 9.59 Å². The Hall–Kier alpha value is -2.86. The fourth-order valence-corrected chi connectivity index (χ4v) is 4.00. The minimum absolute atomic E-state index is 0.119. The van der Waals surface area contributed by atoms with Crippen LogP contribution in [0.15, 0.2) is 48.5 Å². The maximum absolute atomic E-state index is 12.0. The van der Waals surface area contributed by atoms with Gasteiger partial charge in [0, 0.05) is 23.0 Å². The van der Waals surface area contributed by atoms with Crippen molar-refractivity contribution in [3.05, 3.63) is 59.7 Å². The number of ether oxygens (including phenoxy) is 1. The van der Waals surface area contributed by atoms with E-state index in [9.17, 15) is 19.8 Å². The monoisotopic (exact) mass is 353 g/mol. The van der Waals surface area contributed by atoms with E-state index in [4.69, 9.17) is 10.5 Å². The van der Waals surface area contributed by atoms with Gasteiger partial charge in [0.2, 0.25) is 0 Å². The maximum atomic E-state index is 12.0. The molecule has 6 nitrogen and oxygen atoms in total. The van der Waals surface area contributed by atoms with Gasteiger partial charge in [-0.1, -0.05) is 36.4 Å². The Bertz CT molecular complexity index is 850. The Morgan fingerprint density at radius 1 is 1.04 bits per heavy atom. The van der Waals surface area contributed by atoms with Crippen LogP contribution >= 0.6 is 0 Å². The highest BCUT2D eigenvalue weighted by atomic mass is 16.5. The first-order valence-corrected chi connectivity index (χ1v) is 8.52. The van der Waals surface area contributed by atoms with Crippen LogP contribution in [-0.4, -0.2) is 27.7 Å². The molecule has 134 valence electrons. The molecule has 6 heteroatoms. The third-order valence-electron chi connectivity index (χ3n) is 5.52. The summed E-state index contributed by atoms with van der Waals surface area (Å²) in [5.41, 5.74) is 6.45. The molecule has 0 unspecified atom stereocenters. The Labute approximate surface area is 150 Å². The summed E-state index contributed by atoms with van der Waals surface area (Å²) < 4.78 is 5.94. The summed E-state index contributed by atoms with van der Waals surface area (Å²) in [6, 6.07) is 15.0. The van der Waals surface area contributed by atoms with E-state index in [1.165, 1.54) is 0 Å². The average Bonchev–Trinajstić information content (AvgIpc) is 3.43. The summed E-state index contributed by atoms with van der Waals surface area (Å²) in [4.78, 5) is 23.3. The zero-order valence-electron chi connectivity index (χ0n) is 14.0. The zero-order chi connectivity index (χ0) is 18.5. The van der Waals surface area contributed by atoms with E-state index < -0.39 is 29.3 Å². The molecule has 0 spiro atoms. The van der Waals surface area contributed by atoms with Gasteiger partial charge in [0.15, 0.2) is 0 Å². The van der Waals surface area contributed by atoms with Crippen LogP contribution in [0, 0.1) is 11.8 Å². The van der Waals surface area contributed by atoms with E-state index in [0.717, 1.165) is 11.1 Å². The van der Waals surface area contributed by atoms with Crippen LogP contribution in [0.4, 0.5) is 0 Å². The zero-order valence-corrected chi connectivity index (χ0v) is 14.0.